The number of ether oxygens (including phenoxy) is 1. The lowest BCUT2D eigenvalue weighted by Gasteiger charge is -2.12. The minimum Gasteiger partial charge on any atom is -0.489 e. The van der Waals surface area contributed by atoms with Gasteiger partial charge in [0.05, 0.1) is 6.10 Å². The van der Waals surface area contributed by atoms with E-state index in [1.165, 1.54) is 0 Å². The van der Waals surface area contributed by atoms with Gasteiger partial charge in [0.1, 0.15) is 12.4 Å². The Hall–Kier alpha value is -1.03. The van der Waals surface area contributed by atoms with Crippen molar-refractivity contribution in [2.75, 3.05) is 13.2 Å². The number of hydrogen-bond donors (Lipinski definition) is 2. The normalized spacial score (nSPS) is 12.2. The highest BCUT2D eigenvalue weighted by molar-refractivity contribution is 6.30. The molecular weight excluding hydrogens is 238 g/mol. The minimum absolute atomic E-state index is 0.369. The van der Waals surface area contributed by atoms with Gasteiger partial charge in [0.25, 0.3) is 0 Å². The summed E-state index contributed by atoms with van der Waals surface area (Å²) in [6, 6.07) is 5.48. The Morgan fingerprint density at radius 2 is 2.35 bits per heavy atom. The molecule has 2 N–H and O–H groups in total. The van der Waals surface area contributed by atoms with E-state index in [0.717, 1.165) is 11.3 Å². The molecule has 0 spiro atoms. The second-order valence-corrected chi connectivity index (χ2v) is 4.27. The van der Waals surface area contributed by atoms with Crippen LogP contribution in [-0.4, -0.2) is 24.4 Å². The van der Waals surface area contributed by atoms with Crippen molar-refractivity contribution in [3.8, 4) is 5.75 Å². The summed E-state index contributed by atoms with van der Waals surface area (Å²) in [6.07, 6.45) is 1.33. The second-order valence-electron chi connectivity index (χ2n) is 3.83. The number of rotatable bonds is 7. The third kappa shape index (κ3) is 5.22. The molecule has 0 saturated heterocycles. The maximum Gasteiger partial charge on any atom is 0.124 e. The van der Waals surface area contributed by atoms with Crippen LogP contribution < -0.4 is 10.1 Å². The van der Waals surface area contributed by atoms with Crippen LogP contribution in [0.1, 0.15) is 12.5 Å². The van der Waals surface area contributed by atoms with Crippen LogP contribution in [0.4, 0.5) is 0 Å². The molecule has 17 heavy (non-hydrogen) atoms. The molecule has 94 valence electrons. The number of halogens is 1. The lowest BCUT2D eigenvalue weighted by Crippen LogP contribution is -2.24. The summed E-state index contributed by atoms with van der Waals surface area (Å²) in [5.74, 6) is 0.785. The Morgan fingerprint density at radius 3 is 3.00 bits per heavy atom. The van der Waals surface area contributed by atoms with Crippen LogP contribution in [0.25, 0.3) is 0 Å². The zero-order valence-corrected chi connectivity index (χ0v) is 10.7. The highest BCUT2D eigenvalue weighted by Crippen LogP contribution is 2.22. The third-order valence-corrected chi connectivity index (χ3v) is 2.37. The van der Waals surface area contributed by atoms with Gasteiger partial charge in [0.2, 0.25) is 0 Å². The number of hydrogen-bond acceptors (Lipinski definition) is 3. The fraction of sp³-hybridized carbons (Fsp3) is 0.385. The molecule has 0 amide bonds. The molecule has 1 aromatic rings. The lowest BCUT2D eigenvalue weighted by molar-refractivity contribution is 0.190. The molecule has 0 aromatic heterocycles. The quantitative estimate of drug-likeness (QED) is 0.735. The van der Waals surface area contributed by atoms with Gasteiger partial charge >= 0.3 is 0 Å². The maximum atomic E-state index is 9.16. The molecule has 4 heteroatoms. The van der Waals surface area contributed by atoms with Crippen LogP contribution >= 0.6 is 11.6 Å². The first kappa shape index (κ1) is 14.0. The Balaban J connectivity index is 2.65. The summed E-state index contributed by atoms with van der Waals surface area (Å²) in [7, 11) is 0. The molecule has 0 unspecified atom stereocenters. The van der Waals surface area contributed by atoms with Crippen LogP contribution in [-0.2, 0) is 6.54 Å². The van der Waals surface area contributed by atoms with Crippen molar-refractivity contribution in [3.63, 3.8) is 0 Å². The van der Waals surface area contributed by atoms with Crippen molar-refractivity contribution < 1.29 is 9.84 Å². The summed E-state index contributed by atoms with van der Waals surface area (Å²) in [5, 5.41) is 13.0. The van der Waals surface area contributed by atoms with E-state index in [1.54, 1.807) is 19.1 Å². The summed E-state index contributed by atoms with van der Waals surface area (Å²) in [4.78, 5) is 0. The van der Waals surface area contributed by atoms with Gasteiger partial charge in [-0.25, -0.2) is 0 Å². The summed E-state index contributed by atoms with van der Waals surface area (Å²) >= 11 is 5.94. The van der Waals surface area contributed by atoms with Crippen molar-refractivity contribution in [2.24, 2.45) is 0 Å². The molecule has 0 fully saturated rings. The van der Waals surface area contributed by atoms with Crippen LogP contribution in [0.3, 0.4) is 0 Å². The predicted octanol–water partition coefficient (Wildman–Crippen LogP) is 2.38. The van der Waals surface area contributed by atoms with Gasteiger partial charge in [-0.2, -0.15) is 0 Å². The standard InChI is InChI=1S/C13H18ClNO2/c1-3-6-17-13-5-4-12(14)7-11(13)9-15-8-10(2)16/h3-5,7,10,15-16H,1,6,8-9H2,2H3/t10-/m0/s1. The molecule has 0 radical (unpaired) electrons. The van der Waals surface area contributed by atoms with Crippen molar-refractivity contribution >= 4 is 11.6 Å². The smallest absolute Gasteiger partial charge is 0.124 e. The Morgan fingerprint density at radius 1 is 1.59 bits per heavy atom. The zero-order chi connectivity index (χ0) is 12.7. The van der Waals surface area contributed by atoms with E-state index in [2.05, 4.69) is 11.9 Å². The van der Waals surface area contributed by atoms with Gasteiger partial charge in [-0.05, 0) is 25.1 Å². The molecule has 1 atom stereocenters. The van der Waals surface area contributed by atoms with Crippen LogP contribution in [0, 0.1) is 0 Å². The first-order chi connectivity index (χ1) is 8.13. The van der Waals surface area contributed by atoms with E-state index in [-0.39, 0.29) is 6.10 Å². The number of aliphatic hydroxyl groups is 1. The molecule has 0 aliphatic rings. The Bertz CT molecular complexity index is 366. The largest absolute Gasteiger partial charge is 0.489 e. The molecule has 3 nitrogen and oxygen atoms in total. The molecule has 1 aromatic carbocycles. The van der Waals surface area contributed by atoms with E-state index >= 15 is 0 Å². The summed E-state index contributed by atoms with van der Waals surface area (Å²) < 4.78 is 5.52. The molecule has 0 aliphatic carbocycles. The second kappa shape index (κ2) is 7.33. The molecule has 0 aliphatic heterocycles. The van der Waals surface area contributed by atoms with Crippen molar-refractivity contribution in [2.45, 2.75) is 19.6 Å². The zero-order valence-electron chi connectivity index (χ0n) is 9.95. The van der Waals surface area contributed by atoms with E-state index < -0.39 is 0 Å². The molecule has 0 heterocycles. The van der Waals surface area contributed by atoms with Gasteiger partial charge < -0.3 is 15.2 Å². The van der Waals surface area contributed by atoms with Gasteiger partial charge in [0, 0.05) is 23.7 Å². The lowest BCUT2D eigenvalue weighted by atomic mass is 10.2. The predicted molar refractivity (Wildman–Crippen MR) is 70.5 cm³/mol. The monoisotopic (exact) mass is 255 g/mol. The topological polar surface area (TPSA) is 41.5 Å². The van der Waals surface area contributed by atoms with Crippen molar-refractivity contribution in [1.82, 2.24) is 5.32 Å². The Labute approximate surface area is 107 Å². The van der Waals surface area contributed by atoms with E-state index in [1.807, 2.05) is 12.1 Å². The average Bonchev–Trinajstić information content (AvgIpc) is 2.27. The highest BCUT2D eigenvalue weighted by atomic mass is 35.5. The Kier molecular flexibility index (Phi) is 6.05. The van der Waals surface area contributed by atoms with Crippen LogP contribution in [0.2, 0.25) is 5.02 Å². The third-order valence-electron chi connectivity index (χ3n) is 2.13. The van der Waals surface area contributed by atoms with Gasteiger partial charge in [-0.1, -0.05) is 24.3 Å². The highest BCUT2D eigenvalue weighted by Gasteiger charge is 2.05. The summed E-state index contributed by atoms with van der Waals surface area (Å²) in [5.41, 5.74) is 0.972. The van der Waals surface area contributed by atoms with Crippen molar-refractivity contribution in [1.29, 1.82) is 0 Å². The fourth-order valence-electron chi connectivity index (χ4n) is 1.39. The fourth-order valence-corrected chi connectivity index (χ4v) is 1.59. The van der Waals surface area contributed by atoms with Gasteiger partial charge in [-0.3, -0.25) is 0 Å². The first-order valence-electron chi connectivity index (χ1n) is 5.54. The molecule has 0 saturated carbocycles. The van der Waals surface area contributed by atoms with Crippen molar-refractivity contribution in [3.05, 3.63) is 41.4 Å². The number of nitrogens with one attached hydrogen (secondary N) is 1. The number of aliphatic hydroxyl groups excluding tert-OH is 1. The van der Waals surface area contributed by atoms with E-state index in [9.17, 15) is 0 Å². The molecule has 0 bridgehead atoms. The van der Waals surface area contributed by atoms with Gasteiger partial charge in [0.15, 0.2) is 0 Å². The maximum absolute atomic E-state index is 9.16. The number of benzene rings is 1. The summed E-state index contributed by atoms with van der Waals surface area (Å²) in [6.45, 7) is 6.95. The molecule has 1 rings (SSSR count). The van der Waals surface area contributed by atoms with E-state index in [4.69, 9.17) is 21.4 Å². The van der Waals surface area contributed by atoms with Crippen LogP contribution in [0.5, 0.6) is 5.75 Å². The van der Waals surface area contributed by atoms with E-state index in [0.29, 0.717) is 24.7 Å². The van der Waals surface area contributed by atoms with Crippen LogP contribution in [0.15, 0.2) is 30.9 Å². The molecular formula is C13H18ClNO2. The van der Waals surface area contributed by atoms with Gasteiger partial charge in [-0.15, -0.1) is 0 Å². The SMILES string of the molecule is C=CCOc1ccc(Cl)cc1CNC[C@H](C)O. The minimum atomic E-state index is -0.369. The first-order valence-corrected chi connectivity index (χ1v) is 5.92. The average molecular weight is 256 g/mol.